The first-order chi connectivity index (χ1) is 10.9. The Labute approximate surface area is 129 Å². The number of nitrogens with zero attached hydrogens (tertiary/aromatic N) is 3. The number of hydrogen-bond donors (Lipinski definition) is 1. The summed E-state index contributed by atoms with van der Waals surface area (Å²) in [6.07, 6.45) is -0.869. The van der Waals surface area contributed by atoms with Crippen LogP contribution >= 0.6 is 0 Å². The number of halogens is 3. The van der Waals surface area contributed by atoms with Crippen molar-refractivity contribution in [2.45, 2.75) is 31.4 Å². The Morgan fingerprint density at radius 3 is 2.70 bits per heavy atom. The van der Waals surface area contributed by atoms with Crippen molar-refractivity contribution in [3.63, 3.8) is 0 Å². The highest BCUT2D eigenvalue weighted by molar-refractivity contribution is 5.78. The fourth-order valence-corrected chi connectivity index (χ4v) is 2.69. The van der Waals surface area contributed by atoms with Crippen LogP contribution in [0.1, 0.15) is 36.0 Å². The molecule has 9 heteroatoms. The van der Waals surface area contributed by atoms with Crippen LogP contribution < -0.4 is 0 Å². The normalized spacial score (nSPS) is 16.7. The summed E-state index contributed by atoms with van der Waals surface area (Å²) in [5.41, 5.74) is -0.269. The minimum absolute atomic E-state index is 0.0622. The number of aromatic amines is 1. The van der Waals surface area contributed by atoms with Crippen molar-refractivity contribution < 1.29 is 22.5 Å². The standard InChI is InChI=1S/C14H15F3N4O2/c15-14(16,17)11-8-18-13(19-11)9-1-4-21(5-2-9)12(22)7-10-3-6-23-20-10/h3,6,8-9H,1-2,4-5,7H2,(H,18,19). The van der Waals surface area contributed by atoms with E-state index in [4.69, 9.17) is 0 Å². The molecule has 0 unspecified atom stereocenters. The highest BCUT2D eigenvalue weighted by Crippen LogP contribution is 2.31. The number of H-pyrrole nitrogens is 1. The molecule has 124 valence electrons. The average Bonchev–Trinajstić information content (AvgIpc) is 3.18. The van der Waals surface area contributed by atoms with Crippen LogP contribution in [0.3, 0.4) is 0 Å². The predicted octanol–water partition coefficient (Wildman–Crippen LogP) is 2.37. The Balaban J connectivity index is 1.56. The fourth-order valence-electron chi connectivity index (χ4n) is 2.69. The van der Waals surface area contributed by atoms with Crippen LogP contribution in [0, 0.1) is 0 Å². The van der Waals surface area contributed by atoms with E-state index in [-0.39, 0.29) is 18.2 Å². The van der Waals surface area contributed by atoms with E-state index in [1.165, 1.54) is 6.26 Å². The van der Waals surface area contributed by atoms with Gasteiger partial charge in [-0.2, -0.15) is 13.2 Å². The second-order valence-corrected chi connectivity index (χ2v) is 5.50. The smallest absolute Gasteiger partial charge is 0.364 e. The van der Waals surface area contributed by atoms with Crippen molar-refractivity contribution in [2.75, 3.05) is 13.1 Å². The average molecular weight is 328 g/mol. The molecule has 0 bridgehead atoms. The third kappa shape index (κ3) is 3.54. The van der Waals surface area contributed by atoms with Gasteiger partial charge in [-0.25, -0.2) is 4.98 Å². The second kappa shape index (κ2) is 6.05. The molecule has 3 heterocycles. The molecule has 3 rings (SSSR count). The molecule has 2 aromatic heterocycles. The van der Waals surface area contributed by atoms with Gasteiger partial charge in [0.1, 0.15) is 17.8 Å². The van der Waals surface area contributed by atoms with Gasteiger partial charge in [-0.1, -0.05) is 5.16 Å². The highest BCUT2D eigenvalue weighted by atomic mass is 19.4. The number of imidazole rings is 1. The molecule has 0 saturated carbocycles. The maximum absolute atomic E-state index is 12.6. The number of nitrogens with one attached hydrogen (secondary N) is 1. The number of aromatic nitrogens is 3. The highest BCUT2D eigenvalue weighted by Gasteiger charge is 2.34. The van der Waals surface area contributed by atoms with E-state index in [9.17, 15) is 18.0 Å². The summed E-state index contributed by atoms with van der Waals surface area (Å²) in [5, 5.41) is 3.70. The van der Waals surface area contributed by atoms with Crippen molar-refractivity contribution in [3.8, 4) is 0 Å². The van der Waals surface area contributed by atoms with Crippen molar-refractivity contribution >= 4 is 5.91 Å². The molecule has 1 N–H and O–H groups in total. The van der Waals surface area contributed by atoms with Gasteiger partial charge < -0.3 is 14.4 Å². The molecule has 1 fully saturated rings. The lowest BCUT2D eigenvalue weighted by atomic mass is 9.96. The third-order valence-corrected chi connectivity index (χ3v) is 3.96. The summed E-state index contributed by atoms with van der Waals surface area (Å²) in [6, 6.07) is 1.63. The number of alkyl halides is 3. The van der Waals surface area contributed by atoms with E-state index in [0.29, 0.717) is 37.4 Å². The van der Waals surface area contributed by atoms with Crippen molar-refractivity contribution in [1.29, 1.82) is 0 Å². The molecule has 23 heavy (non-hydrogen) atoms. The van der Waals surface area contributed by atoms with Gasteiger partial charge in [-0.05, 0) is 12.8 Å². The number of piperidine rings is 1. The largest absolute Gasteiger partial charge is 0.432 e. The topological polar surface area (TPSA) is 75.0 Å². The maximum atomic E-state index is 12.6. The van der Waals surface area contributed by atoms with Crippen LogP contribution in [-0.2, 0) is 17.4 Å². The maximum Gasteiger partial charge on any atom is 0.432 e. The van der Waals surface area contributed by atoms with E-state index in [1.54, 1.807) is 11.0 Å². The zero-order chi connectivity index (χ0) is 16.4. The first-order valence-electron chi connectivity index (χ1n) is 7.22. The van der Waals surface area contributed by atoms with Gasteiger partial charge in [0.05, 0.1) is 18.3 Å². The van der Waals surface area contributed by atoms with Crippen molar-refractivity contribution in [1.82, 2.24) is 20.0 Å². The summed E-state index contributed by atoms with van der Waals surface area (Å²) in [4.78, 5) is 20.0. The summed E-state index contributed by atoms with van der Waals surface area (Å²) in [6.45, 7) is 0.979. The number of carbonyl (C=O) groups excluding carboxylic acids is 1. The Morgan fingerprint density at radius 2 is 2.13 bits per heavy atom. The number of carbonyl (C=O) groups is 1. The Morgan fingerprint density at radius 1 is 1.39 bits per heavy atom. The molecule has 1 saturated heterocycles. The molecule has 0 atom stereocenters. The number of hydrogen-bond acceptors (Lipinski definition) is 4. The summed E-state index contributed by atoms with van der Waals surface area (Å²) in [5.74, 6) is 0.177. The Hall–Kier alpha value is -2.32. The van der Waals surface area contributed by atoms with E-state index in [0.717, 1.165) is 6.20 Å². The molecular weight excluding hydrogens is 313 g/mol. The van der Waals surface area contributed by atoms with E-state index >= 15 is 0 Å². The first-order valence-corrected chi connectivity index (χ1v) is 7.22. The van der Waals surface area contributed by atoms with Crippen molar-refractivity contribution in [3.05, 3.63) is 35.7 Å². The van der Waals surface area contributed by atoms with Gasteiger partial charge in [0.2, 0.25) is 5.91 Å². The lowest BCUT2D eigenvalue weighted by molar-refractivity contribution is -0.141. The van der Waals surface area contributed by atoms with Gasteiger partial charge in [-0.15, -0.1) is 0 Å². The monoisotopic (exact) mass is 328 g/mol. The molecule has 0 radical (unpaired) electrons. The molecule has 6 nitrogen and oxygen atoms in total. The van der Waals surface area contributed by atoms with Crippen LogP contribution in [0.25, 0.3) is 0 Å². The molecule has 0 aromatic carbocycles. The lowest BCUT2D eigenvalue weighted by Gasteiger charge is -2.31. The molecule has 0 aliphatic carbocycles. The Kier molecular flexibility index (Phi) is 4.10. The van der Waals surface area contributed by atoms with Gasteiger partial charge in [0.25, 0.3) is 0 Å². The van der Waals surface area contributed by atoms with E-state index in [1.807, 2.05) is 0 Å². The minimum Gasteiger partial charge on any atom is -0.364 e. The van der Waals surface area contributed by atoms with Crippen LogP contribution in [0.5, 0.6) is 0 Å². The van der Waals surface area contributed by atoms with E-state index in [2.05, 4.69) is 19.6 Å². The molecular formula is C14H15F3N4O2. The lowest BCUT2D eigenvalue weighted by Crippen LogP contribution is -2.39. The number of likely N-dealkylation sites (tertiary alicyclic amines) is 1. The minimum atomic E-state index is -4.42. The SMILES string of the molecule is O=C(Cc1ccon1)N1CCC(c2ncc(C(F)(F)F)[nH]2)CC1. The number of rotatable bonds is 3. The van der Waals surface area contributed by atoms with Crippen LogP contribution in [0.2, 0.25) is 0 Å². The van der Waals surface area contributed by atoms with Gasteiger partial charge in [0.15, 0.2) is 0 Å². The molecule has 1 amide bonds. The fraction of sp³-hybridized carbons (Fsp3) is 0.500. The van der Waals surface area contributed by atoms with Crippen LogP contribution in [0.15, 0.2) is 23.0 Å². The molecule has 0 spiro atoms. The molecule has 1 aliphatic rings. The van der Waals surface area contributed by atoms with Crippen LogP contribution in [0.4, 0.5) is 13.2 Å². The quantitative estimate of drug-likeness (QED) is 0.938. The second-order valence-electron chi connectivity index (χ2n) is 5.50. The summed E-state index contributed by atoms with van der Waals surface area (Å²) >= 11 is 0. The molecule has 1 aliphatic heterocycles. The molecule has 2 aromatic rings. The first kappa shape index (κ1) is 15.6. The van der Waals surface area contributed by atoms with Crippen molar-refractivity contribution in [2.24, 2.45) is 0 Å². The van der Waals surface area contributed by atoms with Gasteiger partial charge >= 0.3 is 6.18 Å². The van der Waals surface area contributed by atoms with Crippen LogP contribution in [-0.4, -0.2) is 39.0 Å². The Bertz CT molecular complexity index is 658. The summed E-state index contributed by atoms with van der Waals surface area (Å²) in [7, 11) is 0. The summed E-state index contributed by atoms with van der Waals surface area (Å²) < 4.78 is 42.4. The zero-order valence-corrected chi connectivity index (χ0v) is 12.1. The van der Waals surface area contributed by atoms with Gasteiger partial charge in [0, 0.05) is 25.1 Å². The zero-order valence-electron chi connectivity index (χ0n) is 12.1. The predicted molar refractivity (Wildman–Crippen MR) is 72.4 cm³/mol. The third-order valence-electron chi connectivity index (χ3n) is 3.96. The van der Waals surface area contributed by atoms with Gasteiger partial charge in [-0.3, -0.25) is 4.79 Å². The van der Waals surface area contributed by atoms with E-state index < -0.39 is 11.9 Å². The number of amides is 1.